The molecule has 1 aliphatic heterocycles. The Kier molecular flexibility index (Phi) is 3.88. The van der Waals surface area contributed by atoms with Crippen molar-refractivity contribution in [1.82, 2.24) is 0 Å². The number of hydrogen-bond donors (Lipinski definition) is 1. The Morgan fingerprint density at radius 3 is 2.68 bits per heavy atom. The van der Waals surface area contributed by atoms with E-state index in [9.17, 15) is 10.1 Å². The van der Waals surface area contributed by atoms with Gasteiger partial charge in [-0.15, -0.1) is 0 Å². The SMILES string of the molecule is COc1ccc([N+](=O)[O-])c2c1NC(c1ccc(Cl)cc1)C1CC=CC21. The molecule has 1 heterocycles. The second kappa shape index (κ2) is 6.08. The first-order valence-electron chi connectivity index (χ1n) is 8.14. The second-order valence-electron chi connectivity index (χ2n) is 6.36. The van der Waals surface area contributed by atoms with E-state index < -0.39 is 0 Å². The molecule has 0 amide bonds. The van der Waals surface area contributed by atoms with E-state index in [2.05, 4.69) is 17.5 Å². The zero-order valence-electron chi connectivity index (χ0n) is 13.6. The summed E-state index contributed by atoms with van der Waals surface area (Å²) in [5, 5.41) is 15.7. The third kappa shape index (κ3) is 2.55. The summed E-state index contributed by atoms with van der Waals surface area (Å²) in [7, 11) is 1.58. The number of halogens is 1. The van der Waals surface area contributed by atoms with Crippen LogP contribution < -0.4 is 10.1 Å². The van der Waals surface area contributed by atoms with Gasteiger partial charge < -0.3 is 10.1 Å². The molecule has 1 N–H and O–H groups in total. The van der Waals surface area contributed by atoms with Crippen LogP contribution in [0.5, 0.6) is 5.75 Å². The highest BCUT2D eigenvalue weighted by Crippen LogP contribution is 2.54. The number of hydrogen-bond acceptors (Lipinski definition) is 4. The highest BCUT2D eigenvalue weighted by atomic mass is 35.5. The van der Waals surface area contributed by atoms with E-state index in [1.807, 2.05) is 24.3 Å². The number of nitrogens with one attached hydrogen (secondary N) is 1. The number of rotatable bonds is 3. The Bertz CT molecular complexity index is 864. The largest absolute Gasteiger partial charge is 0.495 e. The number of nitrogens with zero attached hydrogens (tertiary/aromatic N) is 1. The summed E-state index contributed by atoms with van der Waals surface area (Å²) in [5.74, 6) is 0.838. The highest BCUT2D eigenvalue weighted by Gasteiger charge is 2.42. The van der Waals surface area contributed by atoms with Gasteiger partial charge in [0, 0.05) is 17.0 Å². The third-order valence-electron chi connectivity index (χ3n) is 5.10. The molecule has 0 aromatic heterocycles. The summed E-state index contributed by atoms with van der Waals surface area (Å²) in [6.07, 6.45) is 5.07. The van der Waals surface area contributed by atoms with Gasteiger partial charge in [-0.2, -0.15) is 0 Å². The molecule has 0 fully saturated rings. The van der Waals surface area contributed by atoms with Crippen LogP contribution in [0, 0.1) is 16.0 Å². The monoisotopic (exact) mass is 356 g/mol. The smallest absolute Gasteiger partial charge is 0.275 e. The van der Waals surface area contributed by atoms with Crippen LogP contribution in [0.4, 0.5) is 11.4 Å². The van der Waals surface area contributed by atoms with Crippen molar-refractivity contribution in [3.63, 3.8) is 0 Å². The number of nitro benzene ring substituents is 1. The van der Waals surface area contributed by atoms with Crippen LogP contribution in [0.15, 0.2) is 48.6 Å². The lowest BCUT2D eigenvalue weighted by Gasteiger charge is -2.37. The summed E-state index contributed by atoms with van der Waals surface area (Å²) >= 11 is 6.02. The number of ether oxygens (including phenoxy) is 1. The third-order valence-corrected chi connectivity index (χ3v) is 5.36. The van der Waals surface area contributed by atoms with Gasteiger partial charge in [-0.05, 0) is 36.1 Å². The molecule has 3 unspecified atom stereocenters. The molecular weight excluding hydrogens is 340 g/mol. The predicted octanol–water partition coefficient (Wildman–Crippen LogP) is 5.08. The fourth-order valence-corrected chi connectivity index (χ4v) is 4.12. The molecule has 2 aliphatic rings. The lowest BCUT2D eigenvalue weighted by molar-refractivity contribution is -0.385. The van der Waals surface area contributed by atoms with E-state index >= 15 is 0 Å². The van der Waals surface area contributed by atoms with E-state index in [1.165, 1.54) is 6.07 Å². The quantitative estimate of drug-likeness (QED) is 0.473. The molecule has 5 nitrogen and oxygen atoms in total. The van der Waals surface area contributed by atoms with E-state index in [1.54, 1.807) is 13.2 Å². The standard InChI is InChI=1S/C19H17ClN2O3/c1-25-16-10-9-15(22(23)24)17-13-3-2-4-14(13)18(21-19(16)17)11-5-7-12(20)8-6-11/h2-3,5-10,13-14,18,21H,4H2,1H3. The molecule has 4 rings (SSSR count). The summed E-state index contributed by atoms with van der Waals surface area (Å²) in [6, 6.07) is 11.0. The predicted molar refractivity (Wildman–Crippen MR) is 97.5 cm³/mol. The van der Waals surface area contributed by atoms with Gasteiger partial charge in [0.1, 0.15) is 5.75 Å². The van der Waals surface area contributed by atoms with E-state index in [0.717, 1.165) is 12.0 Å². The maximum Gasteiger partial charge on any atom is 0.275 e. The number of benzene rings is 2. The van der Waals surface area contributed by atoms with Crippen molar-refractivity contribution in [2.45, 2.75) is 18.4 Å². The van der Waals surface area contributed by atoms with E-state index in [-0.39, 0.29) is 28.5 Å². The average molecular weight is 357 g/mol. The Morgan fingerprint density at radius 1 is 1.24 bits per heavy atom. The van der Waals surface area contributed by atoms with Crippen LogP contribution in [0.3, 0.4) is 0 Å². The zero-order valence-corrected chi connectivity index (χ0v) is 14.4. The van der Waals surface area contributed by atoms with Crippen LogP contribution >= 0.6 is 11.6 Å². The van der Waals surface area contributed by atoms with Crippen molar-refractivity contribution in [2.24, 2.45) is 5.92 Å². The molecule has 0 spiro atoms. The van der Waals surface area contributed by atoms with Gasteiger partial charge in [0.2, 0.25) is 0 Å². The van der Waals surface area contributed by atoms with Gasteiger partial charge in [-0.1, -0.05) is 35.9 Å². The van der Waals surface area contributed by atoms with Gasteiger partial charge in [0.15, 0.2) is 0 Å². The van der Waals surface area contributed by atoms with Crippen LogP contribution in [-0.2, 0) is 0 Å². The maximum atomic E-state index is 11.5. The van der Waals surface area contributed by atoms with Crippen LogP contribution in [0.1, 0.15) is 29.5 Å². The molecule has 25 heavy (non-hydrogen) atoms. The Morgan fingerprint density at radius 2 is 2.00 bits per heavy atom. The van der Waals surface area contributed by atoms with E-state index in [4.69, 9.17) is 16.3 Å². The average Bonchev–Trinajstić information content (AvgIpc) is 3.10. The Hall–Kier alpha value is -2.53. The van der Waals surface area contributed by atoms with Crippen LogP contribution in [0.2, 0.25) is 5.02 Å². The topological polar surface area (TPSA) is 64.4 Å². The summed E-state index contributed by atoms with van der Waals surface area (Å²) < 4.78 is 5.47. The highest BCUT2D eigenvalue weighted by molar-refractivity contribution is 6.30. The van der Waals surface area contributed by atoms with Gasteiger partial charge in [0.05, 0.1) is 29.3 Å². The normalized spacial score (nSPS) is 23.5. The molecule has 6 heteroatoms. The lowest BCUT2D eigenvalue weighted by Crippen LogP contribution is -2.30. The Balaban J connectivity index is 1.87. The molecule has 2 aromatic carbocycles. The van der Waals surface area contributed by atoms with Crippen LogP contribution in [0.25, 0.3) is 0 Å². The van der Waals surface area contributed by atoms with Gasteiger partial charge in [-0.3, -0.25) is 10.1 Å². The second-order valence-corrected chi connectivity index (χ2v) is 6.80. The van der Waals surface area contributed by atoms with Crippen molar-refractivity contribution < 1.29 is 9.66 Å². The summed E-state index contributed by atoms with van der Waals surface area (Å²) in [6.45, 7) is 0. The van der Waals surface area contributed by atoms with Gasteiger partial charge >= 0.3 is 0 Å². The van der Waals surface area contributed by atoms with Crippen molar-refractivity contribution in [3.8, 4) is 5.75 Å². The molecule has 128 valence electrons. The molecule has 0 radical (unpaired) electrons. The fraction of sp³-hybridized carbons (Fsp3) is 0.263. The van der Waals surface area contributed by atoms with Gasteiger partial charge in [0.25, 0.3) is 5.69 Å². The lowest BCUT2D eigenvalue weighted by atomic mass is 9.76. The summed E-state index contributed by atoms with van der Waals surface area (Å²) in [5.41, 5.74) is 2.68. The van der Waals surface area contributed by atoms with Crippen molar-refractivity contribution in [1.29, 1.82) is 0 Å². The molecule has 0 bridgehead atoms. The van der Waals surface area contributed by atoms with Crippen molar-refractivity contribution >= 4 is 23.0 Å². The van der Waals surface area contributed by atoms with E-state index in [0.29, 0.717) is 22.0 Å². The molecule has 0 saturated heterocycles. The van der Waals surface area contributed by atoms with Crippen LogP contribution in [-0.4, -0.2) is 12.0 Å². The van der Waals surface area contributed by atoms with Gasteiger partial charge in [-0.25, -0.2) is 0 Å². The zero-order chi connectivity index (χ0) is 17.6. The molecule has 1 aliphatic carbocycles. The molecule has 2 aromatic rings. The minimum Gasteiger partial charge on any atom is -0.495 e. The van der Waals surface area contributed by atoms with Crippen molar-refractivity contribution in [2.75, 3.05) is 12.4 Å². The van der Waals surface area contributed by atoms with Crippen molar-refractivity contribution in [3.05, 3.63) is 74.8 Å². The Labute approximate surface area is 150 Å². The molecular formula is C19H17ClN2O3. The number of anilines is 1. The molecule has 0 saturated carbocycles. The number of allylic oxidation sites excluding steroid dienone is 2. The summed E-state index contributed by atoms with van der Waals surface area (Å²) in [4.78, 5) is 11.2. The number of nitro groups is 1. The number of fused-ring (bicyclic) bond motifs is 3. The molecule has 3 atom stereocenters. The minimum absolute atomic E-state index is 0.00701. The first-order chi connectivity index (χ1) is 12.1. The first-order valence-corrected chi connectivity index (χ1v) is 8.52. The fourth-order valence-electron chi connectivity index (χ4n) is 3.99. The maximum absolute atomic E-state index is 11.5. The number of methoxy groups -OCH3 is 1. The first kappa shape index (κ1) is 16.0. The minimum atomic E-state index is -0.314.